The van der Waals surface area contributed by atoms with Crippen LogP contribution in [0.25, 0.3) is 0 Å². The Hall–Kier alpha value is -1.33. The van der Waals surface area contributed by atoms with Crippen molar-refractivity contribution in [2.75, 3.05) is 18.4 Å². The van der Waals surface area contributed by atoms with Crippen molar-refractivity contribution in [2.24, 2.45) is 5.73 Å². The third-order valence-electron chi connectivity index (χ3n) is 1.49. The first-order valence-corrected chi connectivity index (χ1v) is 4.45. The molecular weight excluding hydrogens is 204 g/mol. The number of aromatic amines is 1. The summed E-state index contributed by atoms with van der Waals surface area (Å²) in [6, 6.07) is 0. The van der Waals surface area contributed by atoms with Gasteiger partial charge in [0.05, 0.1) is 6.33 Å². The van der Waals surface area contributed by atoms with E-state index in [1.807, 2.05) is 6.08 Å². The van der Waals surface area contributed by atoms with Crippen LogP contribution in [0, 0.1) is 0 Å². The van der Waals surface area contributed by atoms with Crippen LogP contribution in [-0.4, -0.2) is 23.1 Å². The Kier molecular flexibility index (Phi) is 4.15. The summed E-state index contributed by atoms with van der Waals surface area (Å²) in [5.41, 5.74) is 4.90. The third-order valence-corrected chi connectivity index (χ3v) is 1.84. The van der Waals surface area contributed by atoms with Crippen molar-refractivity contribution < 1.29 is 0 Å². The van der Waals surface area contributed by atoms with Crippen LogP contribution in [0.5, 0.6) is 0 Å². The third kappa shape index (κ3) is 2.86. The predicted octanol–water partition coefficient (Wildman–Crippen LogP) is 0.350. The summed E-state index contributed by atoms with van der Waals surface area (Å²) in [4.78, 5) is 17.3. The number of nitrogens with two attached hydrogens (primary N) is 1. The van der Waals surface area contributed by atoms with Crippen molar-refractivity contribution in [3.05, 3.63) is 33.9 Å². The number of hydrogen-bond donors (Lipinski definition) is 3. The van der Waals surface area contributed by atoms with Crippen LogP contribution >= 0.6 is 11.6 Å². The molecule has 5 nitrogen and oxygen atoms in total. The lowest BCUT2D eigenvalue weighted by Gasteiger charge is -2.02. The van der Waals surface area contributed by atoms with Crippen molar-refractivity contribution in [3.63, 3.8) is 0 Å². The van der Waals surface area contributed by atoms with Gasteiger partial charge in [0.25, 0.3) is 5.56 Å². The van der Waals surface area contributed by atoms with E-state index in [0.29, 0.717) is 18.9 Å². The molecule has 1 aromatic heterocycles. The van der Waals surface area contributed by atoms with E-state index >= 15 is 0 Å². The van der Waals surface area contributed by atoms with Gasteiger partial charge in [-0.05, 0) is 0 Å². The average Bonchev–Trinajstić information content (AvgIpc) is 2.19. The minimum absolute atomic E-state index is 0.0636. The van der Waals surface area contributed by atoms with Gasteiger partial charge in [-0.1, -0.05) is 23.8 Å². The summed E-state index contributed by atoms with van der Waals surface area (Å²) >= 11 is 5.69. The zero-order chi connectivity index (χ0) is 10.4. The summed E-state index contributed by atoms with van der Waals surface area (Å²) < 4.78 is 0. The zero-order valence-corrected chi connectivity index (χ0v) is 8.21. The van der Waals surface area contributed by atoms with Crippen molar-refractivity contribution in [1.82, 2.24) is 9.97 Å². The van der Waals surface area contributed by atoms with Crippen molar-refractivity contribution in [1.29, 1.82) is 0 Å². The van der Waals surface area contributed by atoms with Gasteiger partial charge in [-0.2, -0.15) is 0 Å². The summed E-state index contributed by atoms with van der Waals surface area (Å²) in [6.45, 7) is 1.02. The highest BCUT2D eigenvalue weighted by Crippen LogP contribution is 2.10. The molecule has 0 bridgehead atoms. The predicted molar refractivity (Wildman–Crippen MR) is 56.6 cm³/mol. The van der Waals surface area contributed by atoms with E-state index in [4.69, 9.17) is 17.3 Å². The van der Waals surface area contributed by atoms with Crippen molar-refractivity contribution in [3.8, 4) is 0 Å². The van der Waals surface area contributed by atoms with Gasteiger partial charge in [0.15, 0.2) is 5.82 Å². The van der Waals surface area contributed by atoms with Crippen LogP contribution in [0.1, 0.15) is 0 Å². The van der Waals surface area contributed by atoms with E-state index in [2.05, 4.69) is 15.3 Å². The molecule has 76 valence electrons. The molecule has 0 amide bonds. The molecule has 14 heavy (non-hydrogen) atoms. The molecule has 0 spiro atoms. The van der Waals surface area contributed by atoms with Gasteiger partial charge in [-0.25, -0.2) is 4.98 Å². The fraction of sp³-hybridized carbons (Fsp3) is 0.250. The highest BCUT2D eigenvalue weighted by atomic mass is 35.5. The van der Waals surface area contributed by atoms with Crippen molar-refractivity contribution >= 4 is 17.4 Å². The van der Waals surface area contributed by atoms with E-state index in [9.17, 15) is 4.79 Å². The smallest absolute Gasteiger partial charge is 0.271 e. The monoisotopic (exact) mass is 214 g/mol. The Bertz CT molecular complexity index is 374. The number of H-pyrrole nitrogens is 1. The lowest BCUT2D eigenvalue weighted by atomic mass is 10.4. The Morgan fingerprint density at radius 2 is 2.43 bits per heavy atom. The van der Waals surface area contributed by atoms with Crippen LogP contribution in [-0.2, 0) is 0 Å². The minimum atomic E-state index is -0.355. The fourth-order valence-electron chi connectivity index (χ4n) is 0.841. The van der Waals surface area contributed by atoms with Gasteiger partial charge in [-0.15, -0.1) is 0 Å². The van der Waals surface area contributed by atoms with Gasteiger partial charge in [0.2, 0.25) is 0 Å². The SMILES string of the molecule is NC/C=C/CNc1nc[nH]c(=O)c1Cl. The molecule has 1 heterocycles. The molecule has 6 heteroatoms. The molecule has 0 saturated heterocycles. The minimum Gasteiger partial charge on any atom is -0.365 e. The second-order valence-corrected chi connectivity index (χ2v) is 2.86. The molecule has 0 saturated carbocycles. The van der Waals surface area contributed by atoms with E-state index < -0.39 is 0 Å². The average molecular weight is 215 g/mol. The van der Waals surface area contributed by atoms with Gasteiger partial charge in [0.1, 0.15) is 5.02 Å². The zero-order valence-electron chi connectivity index (χ0n) is 7.46. The quantitative estimate of drug-likeness (QED) is 0.632. The molecule has 1 aromatic rings. The highest BCUT2D eigenvalue weighted by molar-refractivity contribution is 6.32. The Morgan fingerprint density at radius 1 is 1.64 bits per heavy atom. The van der Waals surface area contributed by atoms with Gasteiger partial charge >= 0.3 is 0 Å². The lowest BCUT2D eigenvalue weighted by molar-refractivity contribution is 1.10. The van der Waals surface area contributed by atoms with Gasteiger partial charge in [0, 0.05) is 13.1 Å². The van der Waals surface area contributed by atoms with Crippen LogP contribution in [0.15, 0.2) is 23.3 Å². The van der Waals surface area contributed by atoms with Crippen molar-refractivity contribution in [2.45, 2.75) is 0 Å². The van der Waals surface area contributed by atoms with Gasteiger partial charge in [-0.3, -0.25) is 4.79 Å². The van der Waals surface area contributed by atoms with E-state index in [1.54, 1.807) is 6.08 Å². The standard InChI is InChI=1S/C8H11ClN4O/c9-6-7(11-4-2-1-3-10)12-5-13-8(6)14/h1-2,5H,3-4,10H2,(H2,11,12,13,14)/b2-1+. The molecule has 0 unspecified atom stereocenters. The van der Waals surface area contributed by atoms with E-state index in [0.717, 1.165) is 0 Å². The Labute approximate surface area is 86.0 Å². The largest absolute Gasteiger partial charge is 0.365 e. The molecule has 0 aliphatic heterocycles. The Morgan fingerprint density at radius 3 is 3.14 bits per heavy atom. The maximum atomic E-state index is 11.0. The highest BCUT2D eigenvalue weighted by Gasteiger charge is 2.02. The molecule has 0 atom stereocenters. The molecule has 0 aliphatic rings. The number of nitrogens with one attached hydrogen (secondary N) is 2. The van der Waals surface area contributed by atoms with E-state index in [-0.39, 0.29) is 10.6 Å². The number of nitrogens with zero attached hydrogens (tertiary/aromatic N) is 1. The second kappa shape index (κ2) is 5.41. The normalized spacial score (nSPS) is 10.7. The van der Waals surface area contributed by atoms with E-state index in [1.165, 1.54) is 6.33 Å². The molecule has 4 N–H and O–H groups in total. The molecule has 0 aliphatic carbocycles. The number of anilines is 1. The van der Waals surface area contributed by atoms with Crippen LogP contribution in [0.4, 0.5) is 5.82 Å². The Balaban J connectivity index is 2.63. The van der Waals surface area contributed by atoms with Gasteiger partial charge < -0.3 is 16.0 Å². The molecule has 0 radical (unpaired) electrons. The second-order valence-electron chi connectivity index (χ2n) is 2.48. The molecular formula is C8H11ClN4O. The summed E-state index contributed by atoms with van der Waals surface area (Å²) in [5, 5.41) is 2.95. The lowest BCUT2D eigenvalue weighted by Crippen LogP contribution is -2.11. The topological polar surface area (TPSA) is 83.8 Å². The summed E-state index contributed by atoms with van der Waals surface area (Å²) in [7, 11) is 0. The maximum absolute atomic E-state index is 11.0. The number of rotatable bonds is 4. The van der Waals surface area contributed by atoms with Crippen LogP contribution < -0.4 is 16.6 Å². The maximum Gasteiger partial charge on any atom is 0.271 e. The molecule has 1 rings (SSSR count). The first-order valence-electron chi connectivity index (χ1n) is 4.08. The molecule has 0 aromatic carbocycles. The van der Waals surface area contributed by atoms with Crippen LogP contribution in [0.3, 0.4) is 0 Å². The summed E-state index contributed by atoms with van der Waals surface area (Å²) in [6.07, 6.45) is 4.93. The fourth-order valence-corrected chi connectivity index (χ4v) is 1.01. The summed E-state index contributed by atoms with van der Waals surface area (Å²) in [5.74, 6) is 0.372. The first-order chi connectivity index (χ1) is 6.75. The first kappa shape index (κ1) is 10.7. The number of hydrogen-bond acceptors (Lipinski definition) is 4. The number of halogens is 1. The van der Waals surface area contributed by atoms with Crippen LogP contribution in [0.2, 0.25) is 5.02 Å². The number of aromatic nitrogens is 2. The molecule has 0 fully saturated rings.